The quantitative estimate of drug-likeness (QED) is 0.336. The van der Waals surface area contributed by atoms with Crippen molar-refractivity contribution in [3.63, 3.8) is 0 Å². The van der Waals surface area contributed by atoms with Crippen molar-refractivity contribution in [3.05, 3.63) is 23.3 Å². The van der Waals surface area contributed by atoms with Gasteiger partial charge in [-0.1, -0.05) is 19.3 Å². The van der Waals surface area contributed by atoms with Crippen LogP contribution in [0.25, 0.3) is 0 Å². The Labute approximate surface area is 173 Å². The molecule has 6 heteroatoms. The Morgan fingerprint density at radius 1 is 0.759 bits per heavy atom. The van der Waals surface area contributed by atoms with Crippen LogP contribution in [-0.2, 0) is 22.4 Å². The molecule has 0 aliphatic heterocycles. The molecule has 0 bridgehead atoms. The van der Waals surface area contributed by atoms with Crippen molar-refractivity contribution in [1.29, 1.82) is 0 Å². The Morgan fingerprint density at radius 2 is 1.24 bits per heavy atom. The molecule has 0 amide bonds. The highest BCUT2D eigenvalue weighted by Gasteiger charge is 2.27. The molecule has 0 aliphatic rings. The van der Waals surface area contributed by atoms with Crippen molar-refractivity contribution in [2.75, 3.05) is 0 Å². The van der Waals surface area contributed by atoms with E-state index in [0.717, 1.165) is 43.2 Å². The van der Waals surface area contributed by atoms with Crippen molar-refractivity contribution < 1.29 is 30.0 Å². The van der Waals surface area contributed by atoms with Crippen LogP contribution in [0.2, 0.25) is 0 Å². The summed E-state index contributed by atoms with van der Waals surface area (Å²) >= 11 is 0. The number of carboxylic acids is 2. The smallest absolute Gasteiger partial charge is 0.309 e. The van der Waals surface area contributed by atoms with E-state index < -0.39 is 22.8 Å². The van der Waals surface area contributed by atoms with Gasteiger partial charge in [0.05, 0.1) is 10.8 Å². The summed E-state index contributed by atoms with van der Waals surface area (Å²) < 4.78 is 0. The fourth-order valence-corrected chi connectivity index (χ4v) is 3.35. The third-order valence-electron chi connectivity index (χ3n) is 5.69. The summed E-state index contributed by atoms with van der Waals surface area (Å²) in [5, 5.41) is 38.5. The summed E-state index contributed by atoms with van der Waals surface area (Å²) in [5.41, 5.74) is 0.225. The lowest BCUT2D eigenvalue weighted by molar-refractivity contribution is -0.148. The highest BCUT2D eigenvalue weighted by atomic mass is 16.4. The monoisotopic (exact) mass is 408 g/mol. The van der Waals surface area contributed by atoms with E-state index in [1.807, 2.05) is 0 Å². The van der Waals surface area contributed by atoms with E-state index in [-0.39, 0.29) is 11.5 Å². The molecular formula is C23H36O6. The summed E-state index contributed by atoms with van der Waals surface area (Å²) in [6.45, 7) is 6.88. The lowest BCUT2D eigenvalue weighted by atomic mass is 9.86. The maximum Gasteiger partial charge on any atom is 0.309 e. The van der Waals surface area contributed by atoms with E-state index in [2.05, 4.69) is 0 Å². The molecular weight excluding hydrogens is 372 g/mol. The zero-order valence-electron chi connectivity index (χ0n) is 18.1. The van der Waals surface area contributed by atoms with Gasteiger partial charge in [0.15, 0.2) is 0 Å². The normalized spacial score (nSPS) is 12.1. The average molecular weight is 409 g/mol. The molecule has 1 aromatic carbocycles. The molecule has 29 heavy (non-hydrogen) atoms. The lowest BCUT2D eigenvalue weighted by Gasteiger charge is -2.19. The summed E-state index contributed by atoms with van der Waals surface area (Å²) in [7, 11) is 0. The zero-order chi connectivity index (χ0) is 22.2. The molecule has 0 heterocycles. The van der Waals surface area contributed by atoms with Gasteiger partial charge in [-0.3, -0.25) is 9.59 Å². The number of rotatable bonds is 13. The second-order valence-electron chi connectivity index (χ2n) is 9.25. The predicted molar refractivity (Wildman–Crippen MR) is 112 cm³/mol. The van der Waals surface area contributed by atoms with Crippen LogP contribution in [0.5, 0.6) is 11.5 Å². The van der Waals surface area contributed by atoms with E-state index in [9.17, 15) is 24.9 Å². The second kappa shape index (κ2) is 10.5. The minimum Gasteiger partial charge on any atom is -0.508 e. The van der Waals surface area contributed by atoms with Crippen LogP contribution in [0.3, 0.4) is 0 Å². The Kier molecular flexibility index (Phi) is 8.99. The minimum atomic E-state index is -0.806. The number of aliphatic carboxylic acids is 2. The van der Waals surface area contributed by atoms with Crippen LogP contribution in [0.1, 0.15) is 83.8 Å². The van der Waals surface area contributed by atoms with Gasteiger partial charge in [-0.15, -0.1) is 0 Å². The molecule has 6 nitrogen and oxygen atoms in total. The minimum absolute atomic E-state index is 0.0234. The first-order valence-corrected chi connectivity index (χ1v) is 10.4. The fourth-order valence-electron chi connectivity index (χ4n) is 3.35. The Morgan fingerprint density at radius 3 is 1.76 bits per heavy atom. The number of carboxylic acid groups (broad SMARTS) is 2. The third kappa shape index (κ3) is 7.95. The van der Waals surface area contributed by atoms with Crippen molar-refractivity contribution >= 4 is 11.9 Å². The van der Waals surface area contributed by atoms with E-state index in [4.69, 9.17) is 5.11 Å². The van der Waals surface area contributed by atoms with Crippen LogP contribution >= 0.6 is 0 Å². The van der Waals surface area contributed by atoms with Gasteiger partial charge in [0.2, 0.25) is 0 Å². The maximum absolute atomic E-state index is 11.2. The van der Waals surface area contributed by atoms with Gasteiger partial charge in [0.25, 0.3) is 0 Å². The van der Waals surface area contributed by atoms with Gasteiger partial charge in [-0.05, 0) is 83.4 Å². The number of phenolic OH excluding ortho intramolecular Hbond substituents is 2. The summed E-state index contributed by atoms with van der Waals surface area (Å²) in [4.78, 5) is 22.4. The van der Waals surface area contributed by atoms with Crippen molar-refractivity contribution in [2.24, 2.45) is 10.8 Å². The van der Waals surface area contributed by atoms with Gasteiger partial charge in [0.1, 0.15) is 11.5 Å². The highest BCUT2D eigenvalue weighted by molar-refractivity contribution is 5.73. The molecule has 0 atom stereocenters. The molecule has 0 unspecified atom stereocenters. The van der Waals surface area contributed by atoms with Crippen LogP contribution in [0, 0.1) is 10.8 Å². The van der Waals surface area contributed by atoms with Crippen molar-refractivity contribution in [1.82, 2.24) is 0 Å². The molecule has 0 fully saturated rings. The molecule has 1 aromatic rings. The number of phenols is 2. The Hall–Kier alpha value is -2.24. The summed E-state index contributed by atoms with van der Waals surface area (Å²) in [6.07, 6.45) is 6.53. The fraction of sp³-hybridized carbons (Fsp3) is 0.652. The molecule has 4 N–H and O–H groups in total. The van der Waals surface area contributed by atoms with Gasteiger partial charge in [-0.25, -0.2) is 0 Å². The van der Waals surface area contributed by atoms with E-state index in [1.165, 1.54) is 6.07 Å². The van der Waals surface area contributed by atoms with Crippen LogP contribution in [0.15, 0.2) is 12.1 Å². The van der Waals surface area contributed by atoms with Gasteiger partial charge >= 0.3 is 11.9 Å². The molecule has 0 radical (unpaired) electrons. The SMILES string of the molecule is CC(C)(CCCCCc1c(O)cc(O)cc1CCCCC(C)(C)C(=O)O)C(=O)O. The molecule has 164 valence electrons. The number of benzene rings is 1. The predicted octanol–water partition coefficient (Wildman–Crippen LogP) is 5.14. The Balaban J connectivity index is 2.60. The largest absolute Gasteiger partial charge is 0.508 e. The van der Waals surface area contributed by atoms with Crippen LogP contribution < -0.4 is 0 Å². The molecule has 1 rings (SSSR count). The van der Waals surface area contributed by atoms with Gasteiger partial charge in [0, 0.05) is 6.07 Å². The summed E-state index contributed by atoms with van der Waals surface area (Å²) in [5.74, 6) is -1.49. The molecule has 0 aliphatic carbocycles. The first kappa shape index (κ1) is 24.8. The number of carbonyl (C=O) groups is 2. The van der Waals surface area contributed by atoms with Crippen LogP contribution in [0.4, 0.5) is 0 Å². The van der Waals surface area contributed by atoms with Crippen LogP contribution in [-0.4, -0.2) is 32.4 Å². The maximum atomic E-state index is 11.2. The van der Waals surface area contributed by atoms with E-state index >= 15 is 0 Å². The average Bonchev–Trinajstić information content (AvgIpc) is 2.59. The zero-order valence-corrected chi connectivity index (χ0v) is 18.1. The topological polar surface area (TPSA) is 115 Å². The van der Waals surface area contributed by atoms with Gasteiger partial charge < -0.3 is 20.4 Å². The number of aryl methyl sites for hydroxylation is 1. The third-order valence-corrected chi connectivity index (χ3v) is 5.69. The number of hydrogen-bond donors (Lipinski definition) is 4. The highest BCUT2D eigenvalue weighted by Crippen LogP contribution is 2.31. The second-order valence-corrected chi connectivity index (χ2v) is 9.25. The Bertz CT molecular complexity index is 706. The standard InChI is InChI=1S/C23H36O6/c1-22(2,20(26)27)12-8-5-6-11-18-16(14-17(24)15-19(18)25)10-7-9-13-23(3,4)21(28)29/h14-15,24-25H,5-13H2,1-4H3,(H,26,27)(H,28,29). The van der Waals surface area contributed by atoms with Gasteiger partial charge in [-0.2, -0.15) is 0 Å². The lowest BCUT2D eigenvalue weighted by Crippen LogP contribution is -2.23. The number of unbranched alkanes of at least 4 members (excludes halogenated alkanes) is 3. The molecule has 0 spiro atoms. The molecule has 0 saturated heterocycles. The first-order chi connectivity index (χ1) is 13.4. The van der Waals surface area contributed by atoms with Crippen molar-refractivity contribution in [3.8, 4) is 11.5 Å². The van der Waals surface area contributed by atoms with Crippen molar-refractivity contribution in [2.45, 2.75) is 85.5 Å². The summed E-state index contributed by atoms with van der Waals surface area (Å²) in [6, 6.07) is 3.02. The molecule has 0 aromatic heterocycles. The number of aromatic hydroxyl groups is 2. The first-order valence-electron chi connectivity index (χ1n) is 10.4. The van der Waals surface area contributed by atoms with E-state index in [1.54, 1.807) is 33.8 Å². The molecule has 0 saturated carbocycles. The number of hydrogen-bond acceptors (Lipinski definition) is 4. The van der Waals surface area contributed by atoms with E-state index in [0.29, 0.717) is 25.7 Å².